The largest absolute Gasteiger partial charge is 0.444 e. The van der Waals surface area contributed by atoms with Gasteiger partial charge in [0.1, 0.15) is 22.6 Å². The Morgan fingerprint density at radius 2 is 2.20 bits per heavy atom. The molecule has 8 nitrogen and oxygen atoms in total. The minimum absolute atomic E-state index is 0.223. The molecule has 3 aromatic heterocycles. The van der Waals surface area contributed by atoms with Crippen LogP contribution in [0.25, 0.3) is 22.1 Å². The van der Waals surface area contributed by atoms with Crippen LogP contribution in [-0.2, 0) is 11.2 Å². The molecule has 0 aliphatic heterocycles. The summed E-state index contributed by atoms with van der Waals surface area (Å²) in [5.74, 6) is 1.75. The number of carbonyl (C=O) groups excluding carboxylic acids is 1. The van der Waals surface area contributed by atoms with Gasteiger partial charge in [-0.05, 0) is 52.0 Å². The number of imidazole rings is 1. The van der Waals surface area contributed by atoms with E-state index >= 15 is 0 Å². The number of alkyl carbamates (subject to hydrolysis) is 1. The van der Waals surface area contributed by atoms with E-state index in [0.717, 1.165) is 47.2 Å². The summed E-state index contributed by atoms with van der Waals surface area (Å²) < 4.78 is 7.66. The van der Waals surface area contributed by atoms with Crippen LogP contribution in [0.4, 0.5) is 4.79 Å². The highest BCUT2D eigenvalue weighted by Crippen LogP contribution is 2.52. The van der Waals surface area contributed by atoms with Crippen LogP contribution in [-0.4, -0.2) is 49.0 Å². The number of pyridine rings is 1. The Kier molecular flexibility index (Phi) is 4.50. The van der Waals surface area contributed by atoms with Crippen LogP contribution < -0.4 is 5.32 Å². The highest BCUT2D eigenvalue weighted by Gasteiger charge is 2.47. The van der Waals surface area contributed by atoms with Crippen molar-refractivity contribution in [3.05, 3.63) is 24.3 Å². The second kappa shape index (κ2) is 6.97. The lowest BCUT2D eigenvalue weighted by Crippen LogP contribution is -2.34. The van der Waals surface area contributed by atoms with Crippen molar-refractivity contribution in [1.29, 1.82) is 0 Å². The summed E-state index contributed by atoms with van der Waals surface area (Å²) in [6.07, 6.45) is 6.66. The van der Waals surface area contributed by atoms with Crippen LogP contribution in [0, 0.1) is 11.8 Å². The molecule has 3 heterocycles. The molecule has 30 heavy (non-hydrogen) atoms. The molecule has 3 N–H and O–H groups in total. The molecule has 160 valence electrons. The Labute approximate surface area is 175 Å². The summed E-state index contributed by atoms with van der Waals surface area (Å²) in [7, 11) is 0. The molecule has 8 heteroatoms. The molecule has 2 fully saturated rings. The maximum atomic E-state index is 12.0. The lowest BCUT2D eigenvalue weighted by atomic mass is 9.92. The van der Waals surface area contributed by atoms with Crippen molar-refractivity contribution < 1.29 is 14.6 Å². The van der Waals surface area contributed by atoms with E-state index in [4.69, 9.17) is 9.72 Å². The van der Waals surface area contributed by atoms with Gasteiger partial charge in [0, 0.05) is 36.5 Å². The number of amides is 1. The molecule has 0 spiro atoms. The highest BCUT2D eigenvalue weighted by atomic mass is 16.6. The number of aromatic amines is 1. The van der Waals surface area contributed by atoms with Crippen molar-refractivity contribution in [2.45, 2.75) is 64.2 Å². The van der Waals surface area contributed by atoms with Crippen molar-refractivity contribution in [2.24, 2.45) is 11.8 Å². The summed E-state index contributed by atoms with van der Waals surface area (Å²) in [4.78, 5) is 24.6. The number of carbonyl (C=O) groups is 1. The topological polar surface area (TPSA) is 105 Å². The van der Waals surface area contributed by atoms with Gasteiger partial charge in [0.05, 0.1) is 17.8 Å². The molecule has 3 aromatic rings. The Morgan fingerprint density at radius 3 is 2.93 bits per heavy atom. The van der Waals surface area contributed by atoms with Crippen LogP contribution in [0.1, 0.15) is 51.9 Å². The van der Waals surface area contributed by atoms with Gasteiger partial charge in [-0.1, -0.05) is 0 Å². The molecule has 5 rings (SSSR count). The maximum absolute atomic E-state index is 12.0. The number of hydrogen-bond acceptors (Lipinski definition) is 5. The monoisotopic (exact) mass is 411 g/mol. The fraction of sp³-hybridized carbons (Fsp3) is 0.591. The number of hydrogen-bond donors (Lipinski definition) is 3. The lowest BCUT2D eigenvalue weighted by Gasteiger charge is -2.29. The van der Waals surface area contributed by atoms with Crippen molar-refractivity contribution in [2.75, 3.05) is 6.54 Å². The zero-order chi connectivity index (χ0) is 21.0. The first-order chi connectivity index (χ1) is 14.3. The molecule has 2 bridgehead atoms. The number of ether oxygens (including phenoxy) is 1. The minimum atomic E-state index is -0.526. The third-order valence-corrected chi connectivity index (χ3v) is 6.40. The minimum Gasteiger partial charge on any atom is -0.444 e. The predicted octanol–water partition coefficient (Wildman–Crippen LogP) is 3.31. The molecular weight excluding hydrogens is 382 g/mol. The van der Waals surface area contributed by atoms with E-state index in [9.17, 15) is 9.90 Å². The van der Waals surface area contributed by atoms with Crippen molar-refractivity contribution >= 4 is 28.2 Å². The number of nitrogens with one attached hydrogen (secondary N) is 2. The third kappa shape index (κ3) is 3.33. The molecule has 4 atom stereocenters. The summed E-state index contributed by atoms with van der Waals surface area (Å²) in [6.45, 7) is 5.98. The van der Waals surface area contributed by atoms with Gasteiger partial charge in [0.2, 0.25) is 0 Å². The first-order valence-electron chi connectivity index (χ1n) is 10.8. The molecule has 0 saturated heterocycles. The number of H-pyrrole nitrogens is 1. The molecule has 1 amide bonds. The van der Waals surface area contributed by atoms with E-state index in [1.165, 1.54) is 0 Å². The molecule has 2 aliphatic rings. The molecule has 2 saturated carbocycles. The van der Waals surface area contributed by atoms with Crippen LogP contribution in [0.2, 0.25) is 0 Å². The average molecular weight is 412 g/mol. The number of aromatic nitrogens is 4. The Balaban J connectivity index is 1.48. The number of nitrogens with zero attached hydrogens (tertiary/aromatic N) is 3. The summed E-state index contributed by atoms with van der Waals surface area (Å²) in [5.41, 5.74) is 2.23. The van der Waals surface area contributed by atoms with E-state index in [-0.39, 0.29) is 18.1 Å². The van der Waals surface area contributed by atoms with Gasteiger partial charge in [0.25, 0.3) is 0 Å². The summed E-state index contributed by atoms with van der Waals surface area (Å²) >= 11 is 0. The van der Waals surface area contributed by atoms with Gasteiger partial charge in [-0.25, -0.2) is 14.8 Å². The first kappa shape index (κ1) is 19.4. The summed E-state index contributed by atoms with van der Waals surface area (Å²) in [5, 5.41) is 14.4. The van der Waals surface area contributed by atoms with Crippen molar-refractivity contribution in [1.82, 2.24) is 24.8 Å². The Morgan fingerprint density at radius 1 is 1.37 bits per heavy atom. The standard InChI is InChI=1S/C22H29N5O3/c1-22(2,3)30-21(29)24-7-5-18-26-15-11-25-20-13(4-6-23-20)19(15)27(18)16-9-12-8-14(16)17(28)10-12/h4,6,11-12,14,16-17,28H,5,7-10H2,1-3H3,(H,23,25)(H,24,29)/t12-,14+,16+,17-/m0/s1. The fourth-order valence-electron chi connectivity index (χ4n) is 5.34. The number of rotatable bonds is 4. The quantitative estimate of drug-likeness (QED) is 0.611. The summed E-state index contributed by atoms with van der Waals surface area (Å²) in [6, 6.07) is 2.26. The molecule has 2 aliphatic carbocycles. The van der Waals surface area contributed by atoms with E-state index in [1.54, 1.807) is 6.20 Å². The highest BCUT2D eigenvalue weighted by molar-refractivity contribution is 6.01. The van der Waals surface area contributed by atoms with Crippen LogP contribution in [0.3, 0.4) is 0 Å². The van der Waals surface area contributed by atoms with Crippen LogP contribution in [0.15, 0.2) is 18.5 Å². The average Bonchev–Trinajstić information content (AvgIpc) is 3.40. The van der Waals surface area contributed by atoms with Gasteiger partial charge < -0.3 is 24.7 Å². The molecular formula is C22H29N5O3. The molecule has 0 radical (unpaired) electrons. The first-order valence-corrected chi connectivity index (χ1v) is 10.8. The second-order valence-electron chi connectivity index (χ2n) is 9.68. The zero-order valence-corrected chi connectivity index (χ0v) is 17.7. The van der Waals surface area contributed by atoms with Gasteiger partial charge in [0.15, 0.2) is 0 Å². The number of fused-ring (bicyclic) bond motifs is 5. The van der Waals surface area contributed by atoms with E-state index < -0.39 is 11.7 Å². The number of aliphatic hydroxyl groups is 1. The Bertz CT molecular complexity index is 1100. The van der Waals surface area contributed by atoms with Crippen LogP contribution in [0.5, 0.6) is 0 Å². The van der Waals surface area contributed by atoms with Crippen molar-refractivity contribution in [3.63, 3.8) is 0 Å². The predicted molar refractivity (Wildman–Crippen MR) is 113 cm³/mol. The fourth-order valence-corrected chi connectivity index (χ4v) is 5.34. The van der Waals surface area contributed by atoms with E-state index in [2.05, 4.69) is 19.9 Å². The molecule has 0 aromatic carbocycles. The zero-order valence-electron chi connectivity index (χ0n) is 17.7. The number of aliphatic hydroxyl groups excluding tert-OH is 1. The maximum Gasteiger partial charge on any atom is 0.407 e. The Hall–Kier alpha value is -2.61. The smallest absolute Gasteiger partial charge is 0.407 e. The van der Waals surface area contributed by atoms with Gasteiger partial charge in [-0.15, -0.1) is 0 Å². The van der Waals surface area contributed by atoms with Gasteiger partial charge in [-0.3, -0.25) is 0 Å². The van der Waals surface area contributed by atoms with Crippen molar-refractivity contribution in [3.8, 4) is 0 Å². The van der Waals surface area contributed by atoms with Gasteiger partial charge in [-0.2, -0.15) is 0 Å². The second-order valence-corrected chi connectivity index (χ2v) is 9.68. The van der Waals surface area contributed by atoms with Crippen LogP contribution >= 0.6 is 0 Å². The molecule has 0 unspecified atom stereocenters. The van der Waals surface area contributed by atoms with E-state index in [1.807, 2.05) is 33.0 Å². The SMILES string of the molecule is CC(C)(C)OC(=O)NCCc1nc2cnc3[nH]ccc3c2n1[C@@H]1C[C@@H]2C[C@H]1[C@@H](O)C2. The lowest BCUT2D eigenvalue weighted by molar-refractivity contribution is 0.0528. The normalized spacial score (nSPS) is 26.0. The van der Waals surface area contributed by atoms with E-state index in [0.29, 0.717) is 18.9 Å². The third-order valence-electron chi connectivity index (χ3n) is 6.40. The van der Waals surface area contributed by atoms with Gasteiger partial charge >= 0.3 is 6.09 Å².